The predicted octanol–water partition coefficient (Wildman–Crippen LogP) is 1.95. The Morgan fingerprint density at radius 1 is 1.36 bits per heavy atom. The Hall–Kier alpha value is -2.28. The van der Waals surface area contributed by atoms with Crippen LogP contribution in [0.5, 0.6) is 0 Å². The average molecular weight is 347 g/mol. The molecule has 1 aliphatic rings. The first-order valence-electron chi connectivity index (χ1n) is 8.50. The minimum atomic E-state index is -0.672. The molecule has 1 aromatic carbocycles. The highest BCUT2D eigenvalue weighted by atomic mass is 16.6. The Balaban J connectivity index is 1.76. The maximum absolute atomic E-state index is 12.2. The number of aryl methyl sites for hydroxylation is 1. The SMILES string of the molecule is Cn1c(=O)[nH]c2ccc(C3CCN(C(=O)OC(C)(C)C)CC3O)cc21. The topological polar surface area (TPSA) is 87.6 Å². The molecule has 3 rings (SSSR count). The molecule has 2 unspecified atom stereocenters. The Morgan fingerprint density at radius 3 is 2.72 bits per heavy atom. The van der Waals surface area contributed by atoms with Gasteiger partial charge in [-0.3, -0.25) is 4.57 Å². The molecule has 0 aliphatic carbocycles. The predicted molar refractivity (Wildman–Crippen MR) is 94.7 cm³/mol. The van der Waals surface area contributed by atoms with E-state index in [1.807, 2.05) is 39.0 Å². The number of imidazole rings is 1. The Kier molecular flexibility index (Phi) is 4.36. The van der Waals surface area contributed by atoms with Gasteiger partial charge in [-0.2, -0.15) is 0 Å². The standard InChI is InChI=1S/C18H25N3O4/c1-18(2,3)25-17(24)21-8-7-12(15(22)10-21)11-5-6-13-14(9-11)20(4)16(23)19-13/h5-6,9,12,15,22H,7-8,10H2,1-4H3,(H,19,23). The molecule has 1 amide bonds. The van der Waals surface area contributed by atoms with Crippen LogP contribution < -0.4 is 5.69 Å². The number of nitrogens with zero attached hydrogens (tertiary/aromatic N) is 2. The van der Waals surface area contributed by atoms with Gasteiger partial charge in [-0.15, -0.1) is 0 Å². The molecule has 0 saturated carbocycles. The molecular formula is C18H25N3O4. The molecule has 7 nitrogen and oxygen atoms in total. The summed E-state index contributed by atoms with van der Waals surface area (Å²) in [6.07, 6.45) is -0.423. The minimum absolute atomic E-state index is 0.0758. The second kappa shape index (κ2) is 6.22. The first-order chi connectivity index (χ1) is 11.7. The van der Waals surface area contributed by atoms with Crippen molar-refractivity contribution in [2.75, 3.05) is 13.1 Å². The van der Waals surface area contributed by atoms with Crippen molar-refractivity contribution in [1.29, 1.82) is 0 Å². The van der Waals surface area contributed by atoms with Gasteiger partial charge in [0.25, 0.3) is 0 Å². The van der Waals surface area contributed by atoms with E-state index < -0.39 is 17.8 Å². The van der Waals surface area contributed by atoms with Gasteiger partial charge in [-0.25, -0.2) is 9.59 Å². The lowest BCUT2D eigenvalue weighted by molar-refractivity contribution is -0.00151. The van der Waals surface area contributed by atoms with Crippen molar-refractivity contribution in [3.05, 3.63) is 34.2 Å². The van der Waals surface area contributed by atoms with E-state index in [1.165, 1.54) is 0 Å². The quantitative estimate of drug-likeness (QED) is 0.825. The number of piperidine rings is 1. The number of aliphatic hydroxyl groups excluding tert-OH is 1. The summed E-state index contributed by atoms with van der Waals surface area (Å²) in [6.45, 7) is 6.24. The van der Waals surface area contributed by atoms with E-state index in [1.54, 1.807) is 16.5 Å². The number of fused-ring (bicyclic) bond motifs is 1. The minimum Gasteiger partial charge on any atom is -0.444 e. The van der Waals surface area contributed by atoms with E-state index in [9.17, 15) is 14.7 Å². The number of likely N-dealkylation sites (tertiary alicyclic amines) is 1. The monoisotopic (exact) mass is 347 g/mol. The Bertz CT molecular complexity index is 846. The second-order valence-corrected chi connectivity index (χ2v) is 7.65. The van der Waals surface area contributed by atoms with Crippen LogP contribution in [0.1, 0.15) is 38.7 Å². The number of amides is 1. The third-order valence-corrected chi connectivity index (χ3v) is 4.59. The number of hydrogen-bond acceptors (Lipinski definition) is 4. The molecular weight excluding hydrogens is 322 g/mol. The third kappa shape index (κ3) is 3.56. The summed E-state index contributed by atoms with van der Waals surface area (Å²) in [5, 5.41) is 10.6. The zero-order valence-electron chi connectivity index (χ0n) is 15.1. The first kappa shape index (κ1) is 17.5. The van der Waals surface area contributed by atoms with Crippen LogP contribution in [0.25, 0.3) is 11.0 Å². The maximum Gasteiger partial charge on any atom is 0.410 e. The lowest BCUT2D eigenvalue weighted by Crippen LogP contribution is -2.47. The van der Waals surface area contributed by atoms with Gasteiger partial charge in [0, 0.05) is 19.5 Å². The van der Waals surface area contributed by atoms with Crippen LogP contribution in [0.4, 0.5) is 4.79 Å². The fraction of sp³-hybridized carbons (Fsp3) is 0.556. The summed E-state index contributed by atoms with van der Waals surface area (Å²) in [5.74, 6) is -0.0758. The van der Waals surface area contributed by atoms with Gasteiger partial charge in [-0.05, 0) is 44.9 Å². The molecule has 0 bridgehead atoms. The summed E-state index contributed by atoms with van der Waals surface area (Å²) in [4.78, 5) is 28.2. The van der Waals surface area contributed by atoms with Gasteiger partial charge in [-0.1, -0.05) is 6.07 Å². The smallest absolute Gasteiger partial charge is 0.410 e. The van der Waals surface area contributed by atoms with Crippen molar-refractivity contribution in [2.45, 2.75) is 44.8 Å². The molecule has 1 saturated heterocycles. The van der Waals surface area contributed by atoms with Crippen LogP contribution in [-0.2, 0) is 11.8 Å². The highest BCUT2D eigenvalue weighted by molar-refractivity contribution is 5.76. The van der Waals surface area contributed by atoms with Crippen molar-refractivity contribution in [1.82, 2.24) is 14.5 Å². The van der Waals surface area contributed by atoms with E-state index >= 15 is 0 Å². The summed E-state index contributed by atoms with van der Waals surface area (Å²) < 4.78 is 6.93. The number of aromatic nitrogens is 2. The molecule has 25 heavy (non-hydrogen) atoms. The molecule has 2 atom stereocenters. The number of benzene rings is 1. The van der Waals surface area contributed by atoms with Crippen LogP contribution >= 0.6 is 0 Å². The number of aliphatic hydroxyl groups is 1. The zero-order chi connectivity index (χ0) is 18.4. The molecule has 0 spiro atoms. The number of ether oxygens (including phenoxy) is 1. The summed E-state index contributed by atoms with van der Waals surface area (Å²) in [7, 11) is 1.71. The van der Waals surface area contributed by atoms with Crippen molar-refractivity contribution < 1.29 is 14.6 Å². The summed E-state index contributed by atoms with van der Waals surface area (Å²) in [6, 6.07) is 5.72. The number of carbonyl (C=O) groups excluding carboxylic acids is 1. The number of carbonyl (C=O) groups is 1. The van der Waals surface area contributed by atoms with Gasteiger partial charge >= 0.3 is 11.8 Å². The molecule has 2 N–H and O–H groups in total. The molecule has 2 aromatic rings. The van der Waals surface area contributed by atoms with E-state index in [0.717, 1.165) is 16.6 Å². The lowest BCUT2D eigenvalue weighted by Gasteiger charge is -2.36. The van der Waals surface area contributed by atoms with Gasteiger partial charge in [0.1, 0.15) is 5.60 Å². The van der Waals surface area contributed by atoms with Gasteiger partial charge < -0.3 is 19.7 Å². The molecule has 7 heteroatoms. The fourth-order valence-corrected chi connectivity index (χ4v) is 3.28. The molecule has 0 radical (unpaired) electrons. The van der Waals surface area contributed by atoms with E-state index in [0.29, 0.717) is 13.0 Å². The highest BCUT2D eigenvalue weighted by Gasteiger charge is 2.33. The fourth-order valence-electron chi connectivity index (χ4n) is 3.28. The molecule has 1 aliphatic heterocycles. The summed E-state index contributed by atoms with van der Waals surface area (Å²) in [5.41, 5.74) is 1.84. The highest BCUT2D eigenvalue weighted by Crippen LogP contribution is 2.30. The Labute approximate surface area is 146 Å². The molecule has 1 aromatic heterocycles. The number of rotatable bonds is 1. The molecule has 1 fully saturated rings. The van der Waals surface area contributed by atoms with Crippen molar-refractivity contribution >= 4 is 17.1 Å². The van der Waals surface area contributed by atoms with E-state index in [4.69, 9.17) is 4.74 Å². The zero-order valence-corrected chi connectivity index (χ0v) is 15.1. The number of hydrogen-bond donors (Lipinski definition) is 2. The van der Waals surface area contributed by atoms with Crippen LogP contribution in [-0.4, -0.2) is 50.4 Å². The van der Waals surface area contributed by atoms with Gasteiger partial charge in [0.15, 0.2) is 0 Å². The van der Waals surface area contributed by atoms with E-state index in [-0.39, 0.29) is 18.2 Å². The average Bonchev–Trinajstić information content (AvgIpc) is 2.80. The van der Waals surface area contributed by atoms with Crippen LogP contribution in [0.3, 0.4) is 0 Å². The van der Waals surface area contributed by atoms with Crippen LogP contribution in [0, 0.1) is 0 Å². The van der Waals surface area contributed by atoms with Crippen LogP contribution in [0.15, 0.2) is 23.0 Å². The Morgan fingerprint density at radius 2 is 2.08 bits per heavy atom. The number of β-amino-alcohol motifs (C(OH)–C–C–N with tert-alkyl or cyclic N) is 1. The molecule has 2 heterocycles. The van der Waals surface area contributed by atoms with Crippen molar-refractivity contribution in [3.63, 3.8) is 0 Å². The van der Waals surface area contributed by atoms with Gasteiger partial charge in [0.2, 0.25) is 0 Å². The van der Waals surface area contributed by atoms with E-state index in [2.05, 4.69) is 4.98 Å². The van der Waals surface area contributed by atoms with Crippen molar-refractivity contribution in [3.8, 4) is 0 Å². The normalized spacial score (nSPS) is 21.6. The number of H-pyrrole nitrogens is 1. The second-order valence-electron chi connectivity index (χ2n) is 7.65. The first-order valence-corrected chi connectivity index (χ1v) is 8.50. The maximum atomic E-state index is 12.2. The molecule has 136 valence electrons. The van der Waals surface area contributed by atoms with Crippen LogP contribution in [0.2, 0.25) is 0 Å². The number of aromatic amines is 1. The number of nitrogens with one attached hydrogen (secondary N) is 1. The van der Waals surface area contributed by atoms with Gasteiger partial charge in [0.05, 0.1) is 23.7 Å². The largest absolute Gasteiger partial charge is 0.444 e. The summed E-state index contributed by atoms with van der Waals surface area (Å²) >= 11 is 0. The lowest BCUT2D eigenvalue weighted by atomic mass is 9.87. The third-order valence-electron chi connectivity index (χ3n) is 4.59. The van der Waals surface area contributed by atoms with Crippen molar-refractivity contribution in [2.24, 2.45) is 7.05 Å².